The average Bonchev–Trinajstić information content (AvgIpc) is 2.86. The first-order valence-electron chi connectivity index (χ1n) is 8.21. The van der Waals surface area contributed by atoms with Crippen LogP contribution < -0.4 is 4.74 Å². The summed E-state index contributed by atoms with van der Waals surface area (Å²) in [7, 11) is 1.31. The van der Waals surface area contributed by atoms with Crippen molar-refractivity contribution in [2.24, 2.45) is 16.2 Å². The lowest BCUT2D eigenvalue weighted by atomic mass is 9.65. The van der Waals surface area contributed by atoms with Crippen molar-refractivity contribution in [3.63, 3.8) is 0 Å². The Labute approximate surface area is 155 Å². The molecule has 25 heavy (non-hydrogen) atoms. The summed E-state index contributed by atoms with van der Waals surface area (Å²) in [5.74, 6) is -0.442. The van der Waals surface area contributed by atoms with Crippen molar-refractivity contribution in [1.82, 2.24) is 0 Å². The Morgan fingerprint density at radius 2 is 1.72 bits per heavy atom. The van der Waals surface area contributed by atoms with Gasteiger partial charge in [0.15, 0.2) is 5.78 Å². The van der Waals surface area contributed by atoms with Crippen LogP contribution in [0.5, 0.6) is 5.75 Å². The Hall–Kier alpha value is -1.69. The highest BCUT2D eigenvalue weighted by Crippen LogP contribution is 2.72. The first kappa shape index (κ1) is 18.1. The molecule has 0 spiro atoms. The largest absolute Gasteiger partial charge is 0.465 e. The second kappa shape index (κ2) is 5.66. The van der Waals surface area contributed by atoms with Gasteiger partial charge in [0.25, 0.3) is 0 Å². The zero-order valence-electron chi connectivity index (χ0n) is 14.7. The Kier molecular flexibility index (Phi) is 4.10. The van der Waals surface area contributed by atoms with Crippen molar-refractivity contribution in [3.05, 3.63) is 29.8 Å². The summed E-state index contributed by atoms with van der Waals surface area (Å²) < 4.78 is 10.3. The number of methoxy groups -OCH3 is 1. The summed E-state index contributed by atoms with van der Waals surface area (Å²) >= 11 is 3.47. The van der Waals surface area contributed by atoms with Crippen LogP contribution in [0.25, 0.3) is 0 Å². The normalized spacial score (nSPS) is 32.5. The maximum Gasteiger partial charge on any atom is 0.337 e. The molecule has 0 N–H and O–H groups in total. The number of hydrogen-bond acceptors (Lipinski definition) is 5. The predicted molar refractivity (Wildman–Crippen MR) is 94.7 cm³/mol. The van der Waals surface area contributed by atoms with E-state index < -0.39 is 33.0 Å². The maximum atomic E-state index is 13.1. The highest BCUT2D eigenvalue weighted by molar-refractivity contribution is 9.10. The Balaban J connectivity index is 1.89. The smallest absolute Gasteiger partial charge is 0.337 e. The molecule has 0 aromatic heterocycles. The monoisotopic (exact) mass is 408 g/mol. The van der Waals surface area contributed by atoms with E-state index in [1.54, 1.807) is 24.3 Å². The van der Waals surface area contributed by atoms with Crippen LogP contribution in [-0.4, -0.2) is 29.7 Å². The van der Waals surface area contributed by atoms with E-state index >= 15 is 0 Å². The van der Waals surface area contributed by atoms with E-state index in [1.807, 2.05) is 20.8 Å². The van der Waals surface area contributed by atoms with E-state index in [2.05, 4.69) is 20.7 Å². The number of ether oxygens (including phenoxy) is 2. The van der Waals surface area contributed by atoms with Crippen molar-refractivity contribution in [3.8, 4) is 5.75 Å². The van der Waals surface area contributed by atoms with Crippen LogP contribution in [0.4, 0.5) is 0 Å². The number of carbonyl (C=O) groups is 3. The standard InChI is InChI=1S/C19H21BrO5/c1-17(2)18(3)9-10-19(17,13(20)14(18)21)16(23)25-12-7-5-11(6-8-12)15(22)24-4/h5-8,13H,9-10H2,1-4H3. The molecule has 3 rings (SSSR count). The number of carbonyl (C=O) groups excluding carboxylic acids is 3. The number of benzene rings is 1. The first-order chi connectivity index (χ1) is 11.6. The zero-order chi connectivity index (χ0) is 18.6. The SMILES string of the molecule is COC(=O)c1ccc(OC(=O)C23CCC(C)(C(=O)C2Br)C3(C)C)cc1. The van der Waals surface area contributed by atoms with Crippen LogP contribution in [0.3, 0.4) is 0 Å². The van der Waals surface area contributed by atoms with Gasteiger partial charge in [0.1, 0.15) is 5.75 Å². The lowest BCUT2D eigenvalue weighted by Crippen LogP contribution is -2.47. The van der Waals surface area contributed by atoms with Gasteiger partial charge in [0.2, 0.25) is 0 Å². The van der Waals surface area contributed by atoms with Crippen molar-refractivity contribution in [2.75, 3.05) is 7.11 Å². The van der Waals surface area contributed by atoms with E-state index in [1.165, 1.54) is 7.11 Å². The maximum absolute atomic E-state index is 13.1. The molecule has 2 aliphatic carbocycles. The summed E-state index contributed by atoms with van der Waals surface area (Å²) in [6.45, 7) is 5.89. The Bertz CT molecular complexity index is 754. The number of halogens is 1. The number of alkyl halides is 1. The van der Waals surface area contributed by atoms with Crippen molar-refractivity contribution in [2.45, 2.75) is 38.4 Å². The van der Waals surface area contributed by atoms with Gasteiger partial charge in [0, 0.05) is 5.41 Å². The second-order valence-corrected chi connectivity index (χ2v) is 8.48. The van der Waals surface area contributed by atoms with Gasteiger partial charge in [-0.15, -0.1) is 0 Å². The molecule has 134 valence electrons. The molecule has 1 aromatic rings. The molecule has 0 radical (unpaired) electrons. The minimum absolute atomic E-state index is 0.0711. The minimum atomic E-state index is -0.889. The number of esters is 2. The van der Waals surface area contributed by atoms with Gasteiger partial charge in [-0.25, -0.2) is 4.79 Å². The van der Waals surface area contributed by atoms with Crippen LogP contribution in [0.1, 0.15) is 44.0 Å². The van der Waals surface area contributed by atoms with Crippen molar-refractivity contribution in [1.29, 1.82) is 0 Å². The van der Waals surface area contributed by atoms with Gasteiger partial charge >= 0.3 is 11.9 Å². The van der Waals surface area contributed by atoms with Crippen LogP contribution in [0.15, 0.2) is 24.3 Å². The molecular weight excluding hydrogens is 388 g/mol. The van der Waals surface area contributed by atoms with E-state index in [0.717, 1.165) is 0 Å². The van der Waals surface area contributed by atoms with Crippen LogP contribution in [0.2, 0.25) is 0 Å². The highest BCUT2D eigenvalue weighted by atomic mass is 79.9. The number of ketones is 1. The van der Waals surface area contributed by atoms with Gasteiger partial charge in [-0.3, -0.25) is 9.59 Å². The molecule has 2 aliphatic rings. The molecule has 5 nitrogen and oxygen atoms in total. The molecule has 0 aliphatic heterocycles. The number of fused-ring (bicyclic) bond motifs is 2. The summed E-state index contributed by atoms with van der Waals surface area (Å²) in [6, 6.07) is 6.20. The van der Waals surface area contributed by atoms with Gasteiger partial charge in [-0.05, 0) is 42.5 Å². The molecule has 0 saturated heterocycles. The third kappa shape index (κ3) is 2.16. The van der Waals surface area contributed by atoms with Gasteiger partial charge in [-0.2, -0.15) is 0 Å². The highest BCUT2D eigenvalue weighted by Gasteiger charge is 2.77. The van der Waals surface area contributed by atoms with E-state index in [4.69, 9.17) is 4.74 Å². The van der Waals surface area contributed by atoms with Crippen LogP contribution in [0, 0.1) is 16.2 Å². The third-order valence-electron chi connectivity index (χ3n) is 6.57. The van der Waals surface area contributed by atoms with E-state index in [-0.39, 0.29) is 5.78 Å². The summed E-state index contributed by atoms with van der Waals surface area (Å²) in [5, 5.41) is 0. The molecule has 2 bridgehead atoms. The van der Waals surface area contributed by atoms with Gasteiger partial charge in [-0.1, -0.05) is 36.7 Å². The second-order valence-electron chi connectivity index (χ2n) is 7.56. The molecule has 0 amide bonds. The van der Waals surface area contributed by atoms with Crippen LogP contribution >= 0.6 is 15.9 Å². The van der Waals surface area contributed by atoms with Gasteiger partial charge < -0.3 is 9.47 Å². The first-order valence-corrected chi connectivity index (χ1v) is 9.12. The predicted octanol–water partition coefficient (Wildman–Crippen LogP) is 3.54. The molecule has 3 atom stereocenters. The fraction of sp³-hybridized carbons (Fsp3) is 0.526. The molecule has 6 heteroatoms. The topological polar surface area (TPSA) is 69.7 Å². The number of rotatable bonds is 3. The summed E-state index contributed by atoms with van der Waals surface area (Å²) in [4.78, 5) is 36.7. The van der Waals surface area contributed by atoms with Gasteiger partial charge in [0.05, 0.1) is 22.9 Å². The lowest BCUT2D eigenvalue weighted by Gasteiger charge is -2.38. The Morgan fingerprint density at radius 1 is 1.12 bits per heavy atom. The molecule has 0 heterocycles. The summed E-state index contributed by atoms with van der Waals surface area (Å²) in [5.41, 5.74) is -1.55. The van der Waals surface area contributed by atoms with Crippen molar-refractivity contribution < 1.29 is 23.9 Å². The molecule has 3 unspecified atom stereocenters. The van der Waals surface area contributed by atoms with Crippen molar-refractivity contribution >= 4 is 33.7 Å². The molecule has 2 fully saturated rings. The number of Topliss-reactive ketones (excluding diaryl/α,β-unsaturated/α-hetero) is 1. The van der Waals surface area contributed by atoms with E-state index in [0.29, 0.717) is 24.2 Å². The average molecular weight is 409 g/mol. The molecule has 2 saturated carbocycles. The number of hydrogen-bond donors (Lipinski definition) is 0. The molecule has 1 aromatic carbocycles. The van der Waals surface area contributed by atoms with E-state index in [9.17, 15) is 14.4 Å². The Morgan fingerprint density at radius 3 is 2.20 bits per heavy atom. The molecular formula is C19H21BrO5. The quantitative estimate of drug-likeness (QED) is 0.434. The minimum Gasteiger partial charge on any atom is -0.465 e. The van der Waals surface area contributed by atoms with Crippen LogP contribution in [-0.2, 0) is 14.3 Å². The summed E-state index contributed by atoms with van der Waals surface area (Å²) in [6.07, 6.45) is 1.29. The third-order valence-corrected chi connectivity index (χ3v) is 7.77. The lowest BCUT2D eigenvalue weighted by molar-refractivity contribution is -0.150. The fourth-order valence-electron chi connectivity index (χ4n) is 4.38. The fourth-order valence-corrected chi connectivity index (χ4v) is 5.87. The zero-order valence-corrected chi connectivity index (χ0v) is 16.3.